The van der Waals surface area contributed by atoms with Gasteiger partial charge < -0.3 is 21.1 Å². The molecule has 1 aliphatic carbocycles. The normalized spacial score (nSPS) is 15.2. The van der Waals surface area contributed by atoms with Crippen molar-refractivity contribution in [2.75, 3.05) is 10.6 Å². The van der Waals surface area contributed by atoms with E-state index < -0.39 is 23.4 Å². The number of carboxylic acids is 1. The van der Waals surface area contributed by atoms with Gasteiger partial charge in [-0.2, -0.15) is 0 Å². The number of hydrogen-bond acceptors (Lipinski definition) is 4. The van der Waals surface area contributed by atoms with Crippen LogP contribution < -0.4 is 16.0 Å². The molecule has 1 saturated carbocycles. The lowest BCUT2D eigenvalue weighted by Gasteiger charge is -2.37. The molecule has 0 spiro atoms. The zero-order valence-electron chi connectivity index (χ0n) is 22.0. The van der Waals surface area contributed by atoms with Crippen LogP contribution in [0.4, 0.5) is 16.2 Å². The summed E-state index contributed by atoms with van der Waals surface area (Å²) in [6.45, 7) is 5.39. The van der Waals surface area contributed by atoms with Crippen LogP contribution >= 0.6 is 0 Å². The zero-order valence-corrected chi connectivity index (χ0v) is 22.0. The zero-order chi connectivity index (χ0) is 27.3. The molecule has 0 radical (unpaired) electrons. The molecule has 1 heterocycles. The molecule has 8 nitrogen and oxygen atoms in total. The lowest BCUT2D eigenvalue weighted by atomic mass is 9.75. The van der Waals surface area contributed by atoms with Crippen molar-refractivity contribution in [1.82, 2.24) is 10.3 Å². The van der Waals surface area contributed by atoms with Crippen LogP contribution in [0.15, 0.2) is 60.9 Å². The predicted octanol–water partition coefficient (Wildman–Crippen LogP) is 6.16. The summed E-state index contributed by atoms with van der Waals surface area (Å²) in [6, 6.07) is 14.0. The molecule has 3 aromatic rings. The van der Waals surface area contributed by atoms with Gasteiger partial charge in [0.2, 0.25) is 0 Å². The number of amides is 3. The second-order valence-corrected chi connectivity index (χ2v) is 10.1. The van der Waals surface area contributed by atoms with Crippen molar-refractivity contribution in [1.29, 1.82) is 0 Å². The van der Waals surface area contributed by atoms with Gasteiger partial charge in [-0.1, -0.05) is 49.6 Å². The molecule has 38 heavy (non-hydrogen) atoms. The summed E-state index contributed by atoms with van der Waals surface area (Å²) in [5.41, 5.74) is 3.10. The first kappa shape index (κ1) is 26.9. The Morgan fingerprint density at radius 2 is 1.63 bits per heavy atom. The topological polar surface area (TPSA) is 120 Å². The Labute approximate surface area is 222 Å². The number of carbonyl (C=O) groups excluding carboxylic acids is 2. The number of benzene rings is 2. The van der Waals surface area contributed by atoms with Crippen molar-refractivity contribution in [3.8, 4) is 11.1 Å². The van der Waals surface area contributed by atoms with Crippen LogP contribution in [0.5, 0.6) is 0 Å². The highest BCUT2D eigenvalue weighted by molar-refractivity contribution is 6.08. The molecular formula is C30H34N4O4. The summed E-state index contributed by atoms with van der Waals surface area (Å²) in [6.07, 6.45) is 7.79. The number of aryl methyl sites for hydroxylation is 2. The van der Waals surface area contributed by atoms with Crippen molar-refractivity contribution in [2.45, 2.75) is 58.4 Å². The van der Waals surface area contributed by atoms with Gasteiger partial charge in [0.05, 0.1) is 11.3 Å². The third kappa shape index (κ3) is 5.85. The number of hydrogen-bond donors (Lipinski definition) is 4. The van der Waals surface area contributed by atoms with Gasteiger partial charge in [0.25, 0.3) is 5.91 Å². The maximum Gasteiger partial charge on any atom is 0.329 e. The van der Waals surface area contributed by atoms with Crippen molar-refractivity contribution >= 4 is 29.3 Å². The third-order valence-electron chi connectivity index (χ3n) is 7.47. The summed E-state index contributed by atoms with van der Waals surface area (Å²) < 4.78 is 0. The van der Waals surface area contributed by atoms with E-state index in [0.717, 1.165) is 54.4 Å². The molecule has 198 valence electrons. The Morgan fingerprint density at radius 3 is 2.26 bits per heavy atom. The number of pyridine rings is 1. The Morgan fingerprint density at radius 1 is 0.921 bits per heavy atom. The lowest BCUT2D eigenvalue weighted by Crippen LogP contribution is -2.57. The second-order valence-electron chi connectivity index (χ2n) is 10.1. The van der Waals surface area contributed by atoms with E-state index in [1.54, 1.807) is 43.6 Å². The Bertz CT molecular complexity index is 1320. The smallest absolute Gasteiger partial charge is 0.329 e. The molecule has 1 atom stereocenters. The van der Waals surface area contributed by atoms with E-state index in [4.69, 9.17) is 0 Å². The fourth-order valence-electron chi connectivity index (χ4n) is 5.15. The molecule has 4 N–H and O–H groups in total. The van der Waals surface area contributed by atoms with Gasteiger partial charge >= 0.3 is 12.0 Å². The van der Waals surface area contributed by atoms with Crippen molar-refractivity contribution in [3.63, 3.8) is 0 Å². The SMILES string of the molecule is Cc1cccc(C)c1NC(=O)Nc1cc(-c2cccnc2)ccc1C(=O)N[C@](C)(C(=O)O)C1CCCCC1. The fourth-order valence-corrected chi connectivity index (χ4v) is 5.15. The quantitative estimate of drug-likeness (QED) is 0.301. The van der Waals surface area contributed by atoms with Crippen molar-refractivity contribution in [2.24, 2.45) is 5.92 Å². The maximum absolute atomic E-state index is 13.6. The van der Waals surface area contributed by atoms with E-state index in [2.05, 4.69) is 20.9 Å². The number of rotatable bonds is 7. The minimum absolute atomic E-state index is 0.170. The molecule has 2 aromatic carbocycles. The Kier molecular flexibility index (Phi) is 8.10. The summed E-state index contributed by atoms with van der Waals surface area (Å²) in [4.78, 5) is 43.2. The van der Waals surface area contributed by atoms with Crippen LogP contribution in [0.1, 0.15) is 60.5 Å². The molecule has 1 fully saturated rings. The van der Waals surface area contributed by atoms with Gasteiger partial charge in [-0.25, -0.2) is 9.59 Å². The second kappa shape index (κ2) is 11.5. The van der Waals surface area contributed by atoms with E-state index in [1.807, 2.05) is 38.1 Å². The van der Waals surface area contributed by atoms with Crippen molar-refractivity contribution in [3.05, 3.63) is 77.6 Å². The fraction of sp³-hybridized carbons (Fsp3) is 0.333. The highest BCUT2D eigenvalue weighted by Gasteiger charge is 2.43. The maximum atomic E-state index is 13.6. The molecule has 4 rings (SSSR count). The molecule has 1 aromatic heterocycles. The molecule has 0 bridgehead atoms. The molecule has 3 amide bonds. The first-order chi connectivity index (χ1) is 18.2. The average Bonchev–Trinajstić information content (AvgIpc) is 2.91. The standard InChI is InChI=1S/C30H34N4O4/c1-19-9-7-10-20(2)26(19)33-29(38)32-25-17-21(22-11-8-16-31-18-22)14-15-24(25)27(35)34-30(3,28(36)37)23-12-5-4-6-13-23/h7-11,14-18,23H,4-6,12-13H2,1-3H3,(H,34,35)(H,36,37)(H2,32,33,38)/t30-/m0/s1. The van der Waals surface area contributed by atoms with E-state index in [1.165, 1.54) is 0 Å². The first-order valence-electron chi connectivity index (χ1n) is 12.9. The molecule has 1 aliphatic rings. The third-order valence-corrected chi connectivity index (χ3v) is 7.47. The number of para-hydroxylation sites is 1. The van der Waals surface area contributed by atoms with Crippen molar-refractivity contribution < 1.29 is 19.5 Å². The molecule has 0 aliphatic heterocycles. The lowest BCUT2D eigenvalue weighted by molar-refractivity contribution is -0.146. The van der Waals surface area contributed by atoms with E-state index in [0.29, 0.717) is 5.69 Å². The van der Waals surface area contributed by atoms with Gasteiger partial charge in [-0.3, -0.25) is 9.78 Å². The number of aromatic nitrogens is 1. The van der Waals surface area contributed by atoms with Gasteiger partial charge in [0.15, 0.2) is 0 Å². The number of carboxylic acid groups (broad SMARTS) is 1. The van der Waals surface area contributed by atoms with Crippen LogP contribution in [0.2, 0.25) is 0 Å². The van der Waals surface area contributed by atoms with Gasteiger partial charge in [0.1, 0.15) is 5.54 Å². The molecular weight excluding hydrogens is 480 g/mol. The van der Waals surface area contributed by atoms with Gasteiger partial charge in [-0.15, -0.1) is 0 Å². The number of nitrogens with zero attached hydrogens (tertiary/aromatic N) is 1. The summed E-state index contributed by atoms with van der Waals surface area (Å²) in [7, 11) is 0. The van der Waals surface area contributed by atoms with Crippen LogP contribution in [0, 0.1) is 19.8 Å². The summed E-state index contributed by atoms with van der Waals surface area (Å²) >= 11 is 0. The van der Waals surface area contributed by atoms with Gasteiger partial charge in [-0.05, 0) is 74.4 Å². The number of urea groups is 1. The Hall–Kier alpha value is -4.20. The molecule has 8 heteroatoms. The highest BCUT2D eigenvalue weighted by Crippen LogP contribution is 2.34. The van der Waals surface area contributed by atoms with E-state index >= 15 is 0 Å². The van der Waals surface area contributed by atoms with Crippen LogP contribution in [-0.2, 0) is 4.79 Å². The number of aliphatic carboxylic acids is 1. The van der Waals surface area contributed by atoms with Crippen LogP contribution in [0.25, 0.3) is 11.1 Å². The van der Waals surface area contributed by atoms with Crippen LogP contribution in [-0.4, -0.2) is 33.5 Å². The van der Waals surface area contributed by atoms with Gasteiger partial charge in [0, 0.05) is 23.6 Å². The number of carbonyl (C=O) groups is 3. The molecule has 0 unspecified atom stereocenters. The summed E-state index contributed by atoms with van der Waals surface area (Å²) in [5.74, 6) is -1.79. The molecule has 0 saturated heterocycles. The Balaban J connectivity index is 1.66. The highest BCUT2D eigenvalue weighted by atomic mass is 16.4. The predicted molar refractivity (Wildman–Crippen MR) is 148 cm³/mol. The monoisotopic (exact) mass is 514 g/mol. The van der Waals surface area contributed by atoms with E-state index in [9.17, 15) is 19.5 Å². The summed E-state index contributed by atoms with van der Waals surface area (Å²) in [5, 5.41) is 18.6. The minimum atomic E-state index is -1.42. The number of anilines is 2. The number of nitrogens with one attached hydrogen (secondary N) is 3. The largest absolute Gasteiger partial charge is 0.480 e. The van der Waals surface area contributed by atoms with E-state index in [-0.39, 0.29) is 17.2 Å². The van der Waals surface area contributed by atoms with Crippen LogP contribution in [0.3, 0.4) is 0 Å². The average molecular weight is 515 g/mol. The first-order valence-corrected chi connectivity index (χ1v) is 12.9. The minimum Gasteiger partial charge on any atom is -0.480 e.